The monoisotopic (exact) mass is 412 g/mol. The van der Waals surface area contributed by atoms with Crippen LogP contribution >= 0.6 is 11.6 Å². The fraction of sp³-hybridized carbons (Fsp3) is 0.720. The zero-order chi connectivity index (χ0) is 19.7. The van der Waals surface area contributed by atoms with Crippen LogP contribution in [0, 0.1) is 22.7 Å². The van der Waals surface area contributed by atoms with Gasteiger partial charge in [0.1, 0.15) is 0 Å². The number of alkyl halides is 1. The van der Waals surface area contributed by atoms with Crippen LogP contribution < -0.4 is 10.6 Å². The van der Waals surface area contributed by atoms with Gasteiger partial charge in [0.2, 0.25) is 5.91 Å². The van der Waals surface area contributed by atoms with Crippen LogP contribution in [0.25, 0.3) is 0 Å². The Morgan fingerprint density at radius 3 is 2.66 bits per heavy atom. The Morgan fingerprint density at radius 1 is 1.07 bits per heavy atom. The number of rotatable bonds is 5. The molecule has 6 aliphatic rings. The number of amides is 1. The van der Waals surface area contributed by atoms with Gasteiger partial charge in [-0.3, -0.25) is 4.79 Å². The number of halogens is 1. The number of hydrogen-bond acceptors (Lipinski definition) is 2. The predicted octanol–water partition coefficient (Wildman–Crippen LogP) is 4.39. The van der Waals surface area contributed by atoms with E-state index < -0.39 is 0 Å². The van der Waals surface area contributed by atoms with E-state index in [2.05, 4.69) is 41.0 Å². The fourth-order valence-corrected chi connectivity index (χ4v) is 9.22. The Kier molecular flexibility index (Phi) is 4.17. The largest absolute Gasteiger partial charge is 0.351 e. The van der Waals surface area contributed by atoms with E-state index in [1.54, 1.807) is 0 Å². The second-order valence-corrected chi connectivity index (χ2v) is 11.7. The Morgan fingerprint density at radius 2 is 1.93 bits per heavy atom. The molecule has 6 bridgehead atoms. The van der Waals surface area contributed by atoms with Crippen molar-refractivity contribution in [2.75, 3.05) is 12.4 Å². The van der Waals surface area contributed by atoms with Gasteiger partial charge in [-0.2, -0.15) is 0 Å². The van der Waals surface area contributed by atoms with Gasteiger partial charge in [-0.25, -0.2) is 0 Å². The summed E-state index contributed by atoms with van der Waals surface area (Å²) in [6, 6.07) is 11.9. The van der Waals surface area contributed by atoms with Crippen molar-refractivity contribution in [3.63, 3.8) is 0 Å². The van der Waals surface area contributed by atoms with Crippen molar-refractivity contribution in [1.29, 1.82) is 0 Å². The molecular formula is C25H33ClN2O. The maximum absolute atomic E-state index is 13.9. The molecule has 7 atom stereocenters. The highest BCUT2D eigenvalue weighted by atomic mass is 35.5. The summed E-state index contributed by atoms with van der Waals surface area (Å²) in [5, 5.41) is 7.18. The summed E-state index contributed by atoms with van der Waals surface area (Å²) in [6.07, 6.45) is 10.4. The molecule has 1 aromatic carbocycles. The summed E-state index contributed by atoms with van der Waals surface area (Å²) in [4.78, 5) is 13.9. The van der Waals surface area contributed by atoms with E-state index in [-0.39, 0.29) is 16.2 Å². The number of nitrogens with one attached hydrogen (secondary N) is 2. The summed E-state index contributed by atoms with van der Waals surface area (Å²) in [5.41, 5.74) is 1.68. The SMILES string of the molecule is O=C(NC1CC2CNC1C2)C12CC3C[C@@](CCCl)(C1)C[C@](c1ccccc1)(C3)C2. The topological polar surface area (TPSA) is 41.1 Å². The summed E-state index contributed by atoms with van der Waals surface area (Å²) < 4.78 is 0. The van der Waals surface area contributed by atoms with Gasteiger partial charge < -0.3 is 10.6 Å². The lowest BCUT2D eigenvalue weighted by atomic mass is 9.38. The van der Waals surface area contributed by atoms with Crippen molar-refractivity contribution >= 4 is 17.5 Å². The van der Waals surface area contributed by atoms with Gasteiger partial charge in [0.15, 0.2) is 0 Å². The van der Waals surface area contributed by atoms with Crippen molar-refractivity contribution in [2.24, 2.45) is 22.7 Å². The van der Waals surface area contributed by atoms with E-state index in [1.165, 1.54) is 37.7 Å². The second kappa shape index (κ2) is 6.47. The molecule has 156 valence electrons. The summed E-state index contributed by atoms with van der Waals surface area (Å²) in [6.45, 7) is 1.14. The number of carbonyl (C=O) groups is 1. The maximum atomic E-state index is 13.9. The smallest absolute Gasteiger partial charge is 0.226 e. The van der Waals surface area contributed by atoms with E-state index >= 15 is 0 Å². The van der Waals surface area contributed by atoms with Crippen molar-refractivity contribution in [3.05, 3.63) is 35.9 Å². The summed E-state index contributed by atoms with van der Waals surface area (Å²) >= 11 is 6.33. The van der Waals surface area contributed by atoms with Crippen LogP contribution in [0.2, 0.25) is 0 Å². The third-order valence-corrected chi connectivity index (χ3v) is 9.51. The molecule has 0 aromatic heterocycles. The lowest BCUT2D eigenvalue weighted by molar-refractivity contribution is -0.163. The first kappa shape index (κ1) is 18.7. The highest BCUT2D eigenvalue weighted by Gasteiger charge is 2.65. The van der Waals surface area contributed by atoms with Crippen LogP contribution in [0.3, 0.4) is 0 Å². The Hall–Kier alpha value is -1.06. The summed E-state index contributed by atoms with van der Waals surface area (Å²) in [7, 11) is 0. The van der Waals surface area contributed by atoms with Crippen LogP contribution in [0.4, 0.5) is 0 Å². The molecule has 5 unspecified atom stereocenters. The molecular weight excluding hydrogens is 380 g/mol. The third kappa shape index (κ3) is 2.83. The van der Waals surface area contributed by atoms with Crippen molar-refractivity contribution in [3.8, 4) is 0 Å². The van der Waals surface area contributed by atoms with Crippen molar-refractivity contribution < 1.29 is 4.79 Å². The molecule has 1 amide bonds. The maximum Gasteiger partial charge on any atom is 0.226 e. The number of piperidine rings is 1. The normalized spacial score (nSPS) is 46.9. The molecule has 0 radical (unpaired) electrons. The Bertz CT molecular complexity index is 814. The Labute approximate surface area is 179 Å². The average molecular weight is 413 g/mol. The molecule has 4 heteroatoms. The van der Waals surface area contributed by atoms with Gasteiger partial charge >= 0.3 is 0 Å². The van der Waals surface area contributed by atoms with Crippen LogP contribution in [-0.4, -0.2) is 30.4 Å². The predicted molar refractivity (Wildman–Crippen MR) is 116 cm³/mol. The minimum Gasteiger partial charge on any atom is -0.351 e. The van der Waals surface area contributed by atoms with Crippen LogP contribution in [-0.2, 0) is 10.2 Å². The van der Waals surface area contributed by atoms with Crippen LogP contribution in [0.5, 0.6) is 0 Å². The number of fused-ring (bicyclic) bond motifs is 2. The first-order chi connectivity index (χ1) is 14.0. The van der Waals surface area contributed by atoms with Gasteiger partial charge in [0, 0.05) is 18.0 Å². The molecule has 2 N–H and O–H groups in total. The number of hydrogen-bond donors (Lipinski definition) is 2. The van der Waals surface area contributed by atoms with Crippen molar-refractivity contribution in [1.82, 2.24) is 10.6 Å². The van der Waals surface area contributed by atoms with Crippen molar-refractivity contribution in [2.45, 2.75) is 75.3 Å². The van der Waals surface area contributed by atoms with Gasteiger partial charge in [-0.15, -0.1) is 11.6 Å². The van der Waals surface area contributed by atoms with E-state index in [9.17, 15) is 4.79 Å². The lowest BCUT2D eigenvalue weighted by Gasteiger charge is -2.66. The zero-order valence-electron chi connectivity index (χ0n) is 17.3. The fourth-order valence-electron chi connectivity index (χ4n) is 8.82. The Balaban J connectivity index is 1.34. The molecule has 1 heterocycles. The van der Waals surface area contributed by atoms with E-state index in [0.29, 0.717) is 29.8 Å². The van der Waals surface area contributed by atoms with E-state index in [4.69, 9.17) is 11.6 Å². The average Bonchev–Trinajstić information content (AvgIpc) is 3.31. The highest BCUT2D eigenvalue weighted by molar-refractivity contribution is 6.17. The molecule has 0 spiro atoms. The third-order valence-electron chi connectivity index (χ3n) is 9.32. The molecule has 5 aliphatic carbocycles. The van der Waals surface area contributed by atoms with Gasteiger partial charge in [0.25, 0.3) is 0 Å². The zero-order valence-corrected chi connectivity index (χ0v) is 18.0. The quantitative estimate of drug-likeness (QED) is 0.704. The van der Waals surface area contributed by atoms with E-state index in [0.717, 1.165) is 38.1 Å². The van der Waals surface area contributed by atoms with Crippen LogP contribution in [0.1, 0.15) is 63.4 Å². The molecule has 1 aromatic rings. The molecule has 3 nitrogen and oxygen atoms in total. The van der Waals surface area contributed by atoms with Gasteiger partial charge in [-0.05, 0) is 92.6 Å². The lowest BCUT2D eigenvalue weighted by Crippen LogP contribution is -2.64. The standard InChI is InChI=1S/C25H33ClN2O/c26-7-6-23-10-18-11-24(14-23,19-4-2-1-3-5-19)16-25(12-18,15-23)22(29)28-21-9-17-8-20(21)27-13-17/h1-5,17-18,20-21,27H,6-16H2,(H,28,29)/t17?,18?,20?,21?,23-,24-,25?/m1/s1. The number of carbonyl (C=O) groups excluding carboxylic acids is 1. The summed E-state index contributed by atoms with van der Waals surface area (Å²) in [5.74, 6) is 2.50. The minimum atomic E-state index is -0.191. The molecule has 6 fully saturated rings. The molecule has 1 saturated heterocycles. The number of benzene rings is 1. The van der Waals surface area contributed by atoms with Gasteiger partial charge in [0.05, 0.1) is 5.41 Å². The van der Waals surface area contributed by atoms with E-state index in [1.807, 2.05) is 0 Å². The second-order valence-electron chi connectivity index (χ2n) is 11.3. The molecule has 29 heavy (non-hydrogen) atoms. The first-order valence-electron chi connectivity index (χ1n) is 11.7. The minimum absolute atomic E-state index is 0.164. The highest BCUT2D eigenvalue weighted by Crippen LogP contribution is 2.71. The molecule has 7 rings (SSSR count). The van der Waals surface area contributed by atoms with Gasteiger partial charge in [-0.1, -0.05) is 30.3 Å². The molecule has 5 saturated carbocycles. The van der Waals surface area contributed by atoms with Crippen LogP contribution in [0.15, 0.2) is 30.3 Å². The first-order valence-corrected chi connectivity index (χ1v) is 12.2. The molecule has 1 aliphatic heterocycles.